The lowest BCUT2D eigenvalue weighted by molar-refractivity contribution is 0.101. The number of halogens is 2. The molecular formula is C8H15F2O4P. The molecule has 0 aliphatic carbocycles. The maximum atomic E-state index is 12.3. The first kappa shape index (κ1) is 13.0. The fraction of sp³-hybridized carbons (Fsp3) is 1.00. The van der Waals surface area contributed by atoms with Crippen LogP contribution in [0.25, 0.3) is 0 Å². The van der Waals surface area contributed by atoms with Gasteiger partial charge in [-0.2, -0.15) is 0 Å². The Morgan fingerprint density at radius 2 is 1.87 bits per heavy atom. The normalized spacial score (nSPS) is 25.9. The van der Waals surface area contributed by atoms with Crippen molar-refractivity contribution in [3.05, 3.63) is 0 Å². The Morgan fingerprint density at radius 3 is 2.13 bits per heavy atom. The van der Waals surface area contributed by atoms with E-state index in [-0.39, 0.29) is 19.8 Å². The Kier molecular flexibility index (Phi) is 4.23. The molecule has 0 N–H and O–H groups in total. The first-order valence-electron chi connectivity index (χ1n) is 4.81. The van der Waals surface area contributed by atoms with E-state index >= 15 is 0 Å². The van der Waals surface area contributed by atoms with E-state index in [0.29, 0.717) is 0 Å². The van der Waals surface area contributed by atoms with Crippen molar-refractivity contribution >= 4 is 7.60 Å². The van der Waals surface area contributed by atoms with Gasteiger partial charge >= 0.3 is 7.60 Å². The zero-order valence-corrected chi connectivity index (χ0v) is 9.64. The van der Waals surface area contributed by atoms with Crippen LogP contribution in [0.15, 0.2) is 0 Å². The summed E-state index contributed by atoms with van der Waals surface area (Å²) >= 11 is 0. The molecule has 15 heavy (non-hydrogen) atoms. The van der Waals surface area contributed by atoms with E-state index < -0.39 is 25.8 Å². The number of alkyl halides is 2. The van der Waals surface area contributed by atoms with Crippen LogP contribution in [0.3, 0.4) is 0 Å². The summed E-state index contributed by atoms with van der Waals surface area (Å²) in [7, 11) is -3.57. The Balaban J connectivity index is 2.75. The molecule has 1 fully saturated rings. The summed E-state index contributed by atoms with van der Waals surface area (Å²) in [6, 6.07) is 0. The molecule has 90 valence electrons. The molecule has 1 atom stereocenters. The second-order valence-corrected chi connectivity index (χ2v) is 5.49. The Labute approximate surface area is 87.4 Å². The van der Waals surface area contributed by atoms with E-state index in [0.717, 1.165) is 0 Å². The molecule has 0 bridgehead atoms. The molecule has 7 heteroatoms. The fourth-order valence-electron chi connectivity index (χ4n) is 1.32. The monoisotopic (exact) mass is 244 g/mol. The summed E-state index contributed by atoms with van der Waals surface area (Å²) < 4.78 is 51.5. The molecule has 1 aliphatic heterocycles. The SMILES string of the molecule is CCOP(=O)(OCC)[C@@]1(CC(F)F)CO1. The van der Waals surface area contributed by atoms with E-state index in [1.54, 1.807) is 13.8 Å². The van der Waals surface area contributed by atoms with Crippen molar-refractivity contribution in [1.29, 1.82) is 0 Å². The van der Waals surface area contributed by atoms with Gasteiger partial charge in [0.05, 0.1) is 26.2 Å². The molecule has 1 heterocycles. The van der Waals surface area contributed by atoms with Crippen LogP contribution in [-0.2, 0) is 18.3 Å². The molecule has 0 amide bonds. The Morgan fingerprint density at radius 1 is 1.40 bits per heavy atom. The van der Waals surface area contributed by atoms with Gasteiger partial charge in [-0.05, 0) is 13.8 Å². The van der Waals surface area contributed by atoms with Gasteiger partial charge in [-0.15, -0.1) is 0 Å². The number of ether oxygens (including phenoxy) is 1. The van der Waals surface area contributed by atoms with Gasteiger partial charge in [0.1, 0.15) is 0 Å². The molecule has 1 saturated heterocycles. The van der Waals surface area contributed by atoms with E-state index in [1.165, 1.54) is 0 Å². The summed E-state index contributed by atoms with van der Waals surface area (Å²) in [5.74, 6) is 0. The van der Waals surface area contributed by atoms with E-state index in [2.05, 4.69) is 0 Å². The van der Waals surface area contributed by atoms with Crippen molar-refractivity contribution < 1.29 is 27.1 Å². The fourth-order valence-corrected chi connectivity index (χ4v) is 3.29. The average Bonchev–Trinajstić information content (AvgIpc) is 2.85. The third-order valence-electron chi connectivity index (χ3n) is 2.05. The molecule has 0 aromatic carbocycles. The van der Waals surface area contributed by atoms with Gasteiger partial charge in [0.2, 0.25) is 6.43 Å². The maximum Gasteiger partial charge on any atom is 0.364 e. The standard InChI is InChI=1S/C8H15F2O4P/c1-3-13-15(11,14-4-2)8(6-12-8)5-7(9)10/h7H,3-6H2,1-2H3/t8-/m0/s1. The number of rotatable bonds is 7. The quantitative estimate of drug-likeness (QED) is 0.510. The minimum absolute atomic E-state index is 0.00855. The molecule has 1 aliphatic rings. The van der Waals surface area contributed by atoms with Crippen LogP contribution < -0.4 is 0 Å². The van der Waals surface area contributed by atoms with Crippen LogP contribution in [0.5, 0.6) is 0 Å². The highest BCUT2D eigenvalue weighted by molar-refractivity contribution is 7.55. The lowest BCUT2D eigenvalue weighted by atomic mass is 10.3. The lowest BCUT2D eigenvalue weighted by Gasteiger charge is -2.22. The van der Waals surface area contributed by atoms with Crippen molar-refractivity contribution in [1.82, 2.24) is 0 Å². The van der Waals surface area contributed by atoms with Gasteiger partial charge in [0.25, 0.3) is 0 Å². The molecule has 0 unspecified atom stereocenters. The summed E-state index contributed by atoms with van der Waals surface area (Å²) in [6.45, 7) is 3.56. The first-order valence-corrected chi connectivity index (χ1v) is 6.35. The van der Waals surface area contributed by atoms with Crippen LogP contribution >= 0.6 is 7.60 Å². The zero-order valence-electron chi connectivity index (χ0n) is 8.74. The average molecular weight is 244 g/mol. The van der Waals surface area contributed by atoms with Crippen LogP contribution in [0.1, 0.15) is 20.3 Å². The summed E-state index contributed by atoms with van der Waals surface area (Å²) in [5.41, 5.74) is 0. The predicted octanol–water partition coefficient (Wildman–Crippen LogP) is 2.63. The highest BCUT2D eigenvalue weighted by atomic mass is 31.2. The molecule has 0 spiro atoms. The Hall–Kier alpha value is -0.0300. The highest BCUT2D eigenvalue weighted by Gasteiger charge is 2.63. The molecule has 0 aromatic rings. The molecule has 1 rings (SSSR count). The van der Waals surface area contributed by atoms with Gasteiger partial charge in [0, 0.05) is 0 Å². The summed E-state index contributed by atoms with van der Waals surface area (Å²) in [4.78, 5) is 0. The van der Waals surface area contributed by atoms with Crippen molar-refractivity contribution in [3.63, 3.8) is 0 Å². The lowest BCUT2D eigenvalue weighted by Crippen LogP contribution is -2.19. The smallest absolute Gasteiger partial charge is 0.356 e. The highest BCUT2D eigenvalue weighted by Crippen LogP contribution is 2.68. The minimum Gasteiger partial charge on any atom is -0.356 e. The minimum atomic E-state index is -3.57. The summed E-state index contributed by atoms with van der Waals surface area (Å²) in [5, 5.41) is -1.41. The van der Waals surface area contributed by atoms with Gasteiger partial charge in [-0.25, -0.2) is 8.78 Å². The second-order valence-electron chi connectivity index (χ2n) is 3.16. The molecule has 0 aromatic heterocycles. The van der Waals surface area contributed by atoms with Gasteiger partial charge < -0.3 is 13.8 Å². The van der Waals surface area contributed by atoms with Crippen molar-refractivity contribution in [2.45, 2.75) is 32.0 Å². The Bertz CT molecular complexity index is 245. The third-order valence-corrected chi connectivity index (χ3v) is 4.68. The number of hydrogen-bond donors (Lipinski definition) is 0. The van der Waals surface area contributed by atoms with Crippen molar-refractivity contribution in [2.24, 2.45) is 0 Å². The number of epoxide rings is 1. The molecular weight excluding hydrogens is 229 g/mol. The van der Waals surface area contributed by atoms with Crippen molar-refractivity contribution in [3.8, 4) is 0 Å². The van der Waals surface area contributed by atoms with Gasteiger partial charge in [-0.1, -0.05) is 0 Å². The van der Waals surface area contributed by atoms with Gasteiger partial charge in [0.15, 0.2) is 5.34 Å². The predicted molar refractivity (Wildman–Crippen MR) is 50.2 cm³/mol. The zero-order chi connectivity index (χ0) is 11.5. The van der Waals surface area contributed by atoms with E-state index in [9.17, 15) is 13.3 Å². The largest absolute Gasteiger partial charge is 0.364 e. The van der Waals surface area contributed by atoms with E-state index in [1.807, 2.05) is 0 Å². The third kappa shape index (κ3) is 2.75. The molecule has 4 nitrogen and oxygen atoms in total. The maximum absolute atomic E-state index is 12.3. The second kappa shape index (κ2) is 4.87. The van der Waals surface area contributed by atoms with Crippen LogP contribution in [0.4, 0.5) is 8.78 Å². The van der Waals surface area contributed by atoms with Crippen LogP contribution in [-0.4, -0.2) is 31.6 Å². The molecule has 0 radical (unpaired) electrons. The molecule has 0 saturated carbocycles. The van der Waals surface area contributed by atoms with Crippen molar-refractivity contribution in [2.75, 3.05) is 19.8 Å². The van der Waals surface area contributed by atoms with E-state index in [4.69, 9.17) is 13.8 Å². The van der Waals surface area contributed by atoms with Crippen LogP contribution in [0.2, 0.25) is 0 Å². The topological polar surface area (TPSA) is 48.1 Å². The first-order chi connectivity index (χ1) is 6.99. The van der Waals surface area contributed by atoms with Gasteiger partial charge in [-0.3, -0.25) is 4.57 Å². The summed E-state index contributed by atoms with van der Waals surface area (Å²) in [6.07, 6.45) is -3.19. The number of hydrogen-bond acceptors (Lipinski definition) is 4. The van der Waals surface area contributed by atoms with Crippen LogP contribution in [0, 0.1) is 0 Å².